The van der Waals surface area contributed by atoms with E-state index in [1.54, 1.807) is 11.0 Å². The van der Waals surface area contributed by atoms with E-state index in [9.17, 15) is 9.18 Å². The van der Waals surface area contributed by atoms with Crippen molar-refractivity contribution >= 4 is 5.91 Å². The van der Waals surface area contributed by atoms with E-state index in [-0.39, 0.29) is 11.7 Å². The normalized spacial score (nSPS) is 14.2. The number of carbonyl (C=O) groups excluding carboxylic acids is 1. The molecule has 0 saturated heterocycles. The minimum absolute atomic E-state index is 0.112. The van der Waals surface area contributed by atoms with Crippen molar-refractivity contribution in [1.29, 1.82) is 0 Å². The molecule has 0 bridgehead atoms. The highest BCUT2D eigenvalue weighted by Gasteiger charge is 2.23. The van der Waals surface area contributed by atoms with E-state index in [1.165, 1.54) is 24.3 Å². The largest absolute Gasteiger partial charge is 0.472 e. The van der Waals surface area contributed by atoms with Crippen LogP contribution in [0.5, 0.6) is 5.88 Å². The van der Waals surface area contributed by atoms with Crippen LogP contribution in [0.15, 0.2) is 54.6 Å². The van der Waals surface area contributed by atoms with Crippen LogP contribution in [0.4, 0.5) is 4.39 Å². The molecule has 0 fully saturated rings. The van der Waals surface area contributed by atoms with Crippen molar-refractivity contribution in [3.63, 3.8) is 0 Å². The monoisotopic (exact) mass is 341 g/mol. The molecule has 130 valence electrons. The van der Waals surface area contributed by atoms with Gasteiger partial charge in [-0.1, -0.05) is 18.2 Å². The van der Waals surface area contributed by atoms with Crippen LogP contribution in [-0.4, -0.2) is 33.7 Å². The first kappa shape index (κ1) is 17.0. The van der Waals surface area contributed by atoms with Gasteiger partial charge in [-0.25, -0.2) is 4.39 Å². The van der Waals surface area contributed by atoms with Gasteiger partial charge >= 0.3 is 0 Å². The third-order valence-corrected chi connectivity index (χ3v) is 4.11. The van der Waals surface area contributed by atoms with E-state index in [0.29, 0.717) is 37.7 Å². The molecule has 1 amide bonds. The van der Waals surface area contributed by atoms with E-state index in [1.807, 2.05) is 23.7 Å². The SMILES string of the molecule is C=CC(C)=CCOc1cc2n(n1)CCN(C(=O)c1ccc(F)cc1)C2. The molecule has 0 unspecified atom stereocenters. The molecule has 0 atom stereocenters. The molecule has 0 spiro atoms. The maximum atomic E-state index is 13.0. The summed E-state index contributed by atoms with van der Waals surface area (Å²) in [6, 6.07) is 7.46. The van der Waals surface area contributed by atoms with Crippen LogP contribution in [0.1, 0.15) is 23.0 Å². The molecule has 5 nitrogen and oxygen atoms in total. The van der Waals surface area contributed by atoms with Gasteiger partial charge in [-0.2, -0.15) is 0 Å². The third-order valence-electron chi connectivity index (χ3n) is 4.11. The number of carbonyl (C=O) groups is 1. The summed E-state index contributed by atoms with van der Waals surface area (Å²) in [5, 5.41) is 4.40. The van der Waals surface area contributed by atoms with Crippen molar-refractivity contribution in [1.82, 2.24) is 14.7 Å². The average Bonchev–Trinajstić information content (AvgIpc) is 3.03. The van der Waals surface area contributed by atoms with Crippen molar-refractivity contribution in [2.45, 2.75) is 20.0 Å². The smallest absolute Gasteiger partial charge is 0.254 e. The maximum Gasteiger partial charge on any atom is 0.254 e. The van der Waals surface area contributed by atoms with Gasteiger partial charge in [0.1, 0.15) is 12.4 Å². The number of hydrogen-bond acceptors (Lipinski definition) is 3. The second kappa shape index (κ2) is 7.34. The number of ether oxygens (including phenoxy) is 1. The summed E-state index contributed by atoms with van der Waals surface area (Å²) >= 11 is 0. The Morgan fingerprint density at radius 3 is 2.84 bits per heavy atom. The van der Waals surface area contributed by atoms with E-state index >= 15 is 0 Å². The summed E-state index contributed by atoms with van der Waals surface area (Å²) in [6.07, 6.45) is 3.69. The lowest BCUT2D eigenvalue weighted by Crippen LogP contribution is -2.38. The van der Waals surface area contributed by atoms with Crippen LogP contribution in [0.2, 0.25) is 0 Å². The van der Waals surface area contributed by atoms with Gasteiger partial charge < -0.3 is 9.64 Å². The first-order valence-corrected chi connectivity index (χ1v) is 8.10. The van der Waals surface area contributed by atoms with Crippen LogP contribution in [0.3, 0.4) is 0 Å². The van der Waals surface area contributed by atoms with Gasteiger partial charge in [0.25, 0.3) is 5.91 Å². The van der Waals surface area contributed by atoms with Crippen molar-refractivity contribution in [3.8, 4) is 5.88 Å². The first-order valence-electron chi connectivity index (χ1n) is 8.10. The van der Waals surface area contributed by atoms with Gasteiger partial charge in [0, 0.05) is 18.2 Å². The van der Waals surface area contributed by atoms with Gasteiger partial charge in [0.05, 0.1) is 18.8 Å². The first-order chi connectivity index (χ1) is 12.1. The summed E-state index contributed by atoms with van der Waals surface area (Å²) in [5.41, 5.74) is 2.44. The van der Waals surface area contributed by atoms with E-state index in [0.717, 1.165) is 11.3 Å². The van der Waals surface area contributed by atoms with Crippen molar-refractivity contribution in [3.05, 3.63) is 71.7 Å². The number of hydrogen-bond donors (Lipinski definition) is 0. The molecule has 0 aliphatic carbocycles. The molecule has 6 heteroatoms. The molecule has 3 rings (SSSR count). The van der Waals surface area contributed by atoms with Gasteiger partial charge in [-0.3, -0.25) is 9.48 Å². The molecule has 1 aromatic heterocycles. The molecule has 2 aromatic rings. The molecule has 1 aliphatic heterocycles. The van der Waals surface area contributed by atoms with Crippen molar-refractivity contribution in [2.24, 2.45) is 0 Å². The second-order valence-electron chi connectivity index (χ2n) is 5.89. The predicted molar refractivity (Wildman–Crippen MR) is 92.8 cm³/mol. The highest BCUT2D eigenvalue weighted by atomic mass is 19.1. The molecular formula is C19H20FN3O2. The van der Waals surface area contributed by atoms with Gasteiger partial charge in [0.15, 0.2) is 0 Å². The number of halogens is 1. The number of benzene rings is 1. The quantitative estimate of drug-likeness (QED) is 0.785. The van der Waals surface area contributed by atoms with Crippen molar-refractivity contribution in [2.75, 3.05) is 13.2 Å². The topological polar surface area (TPSA) is 47.4 Å². The number of aromatic nitrogens is 2. The summed E-state index contributed by atoms with van der Waals surface area (Å²) < 4.78 is 20.5. The van der Waals surface area contributed by atoms with Crippen LogP contribution in [-0.2, 0) is 13.1 Å². The summed E-state index contributed by atoms with van der Waals surface area (Å²) in [4.78, 5) is 14.3. The lowest BCUT2D eigenvalue weighted by atomic mass is 10.1. The minimum Gasteiger partial charge on any atom is -0.472 e. The zero-order valence-electron chi connectivity index (χ0n) is 14.1. The Bertz CT molecular complexity index is 809. The van der Waals surface area contributed by atoms with Gasteiger partial charge in [-0.05, 0) is 37.3 Å². The number of allylic oxidation sites excluding steroid dienone is 2. The Kier molecular flexibility index (Phi) is 4.97. The molecule has 1 aliphatic rings. The molecule has 0 N–H and O–H groups in total. The summed E-state index contributed by atoms with van der Waals surface area (Å²) in [6.45, 7) is 7.68. The van der Waals surface area contributed by atoms with Gasteiger partial charge in [0.2, 0.25) is 5.88 Å². The number of amides is 1. The van der Waals surface area contributed by atoms with E-state index < -0.39 is 0 Å². The molecule has 0 saturated carbocycles. The number of fused-ring (bicyclic) bond motifs is 1. The fourth-order valence-corrected chi connectivity index (χ4v) is 2.60. The second-order valence-corrected chi connectivity index (χ2v) is 5.89. The Balaban J connectivity index is 1.66. The fourth-order valence-electron chi connectivity index (χ4n) is 2.60. The fraction of sp³-hybridized carbons (Fsp3) is 0.263. The minimum atomic E-state index is -0.351. The Hall–Kier alpha value is -2.89. The Labute approximate surface area is 146 Å². The third kappa shape index (κ3) is 3.96. The predicted octanol–water partition coefficient (Wildman–Crippen LogP) is 3.19. The molecule has 1 aromatic carbocycles. The molecule has 2 heterocycles. The Morgan fingerprint density at radius 2 is 2.12 bits per heavy atom. The highest BCUT2D eigenvalue weighted by Crippen LogP contribution is 2.20. The number of rotatable bonds is 5. The van der Waals surface area contributed by atoms with Crippen LogP contribution >= 0.6 is 0 Å². The standard InChI is InChI=1S/C19H20FN3O2/c1-3-14(2)8-11-25-18-12-17-13-22(9-10-23(17)21-18)19(24)15-4-6-16(20)7-5-15/h3-8,12H,1,9-11,13H2,2H3. The maximum absolute atomic E-state index is 13.0. The van der Waals surface area contributed by atoms with E-state index in [2.05, 4.69) is 11.7 Å². The number of nitrogens with zero attached hydrogens (tertiary/aromatic N) is 3. The zero-order valence-corrected chi connectivity index (χ0v) is 14.1. The molecular weight excluding hydrogens is 321 g/mol. The zero-order chi connectivity index (χ0) is 17.8. The molecule has 0 radical (unpaired) electrons. The lowest BCUT2D eigenvalue weighted by Gasteiger charge is -2.27. The van der Waals surface area contributed by atoms with Crippen LogP contribution in [0.25, 0.3) is 0 Å². The van der Waals surface area contributed by atoms with Crippen LogP contribution in [0, 0.1) is 5.82 Å². The lowest BCUT2D eigenvalue weighted by molar-refractivity contribution is 0.0706. The molecule has 25 heavy (non-hydrogen) atoms. The summed E-state index contributed by atoms with van der Waals surface area (Å²) in [7, 11) is 0. The van der Waals surface area contributed by atoms with Crippen molar-refractivity contribution < 1.29 is 13.9 Å². The summed E-state index contributed by atoms with van der Waals surface area (Å²) in [5.74, 6) is 0.0782. The van der Waals surface area contributed by atoms with Gasteiger partial charge in [-0.15, -0.1) is 5.10 Å². The average molecular weight is 341 g/mol. The Morgan fingerprint density at radius 1 is 1.36 bits per heavy atom. The highest BCUT2D eigenvalue weighted by molar-refractivity contribution is 5.94. The van der Waals surface area contributed by atoms with Crippen LogP contribution < -0.4 is 4.74 Å². The van der Waals surface area contributed by atoms with E-state index in [4.69, 9.17) is 4.74 Å².